The number of halogens is 3. The Hall–Kier alpha value is -2.52. The van der Waals surface area contributed by atoms with Gasteiger partial charge in [0.15, 0.2) is 6.61 Å². The highest BCUT2D eigenvalue weighted by Gasteiger charge is 2.32. The highest BCUT2D eigenvalue weighted by molar-refractivity contribution is 5.89. The van der Waals surface area contributed by atoms with Crippen LogP contribution in [0.15, 0.2) is 18.3 Å². The maximum Gasteiger partial charge on any atom is 0.422 e. The molecule has 2 N–H and O–H groups in total. The highest BCUT2D eigenvalue weighted by Crippen LogP contribution is 2.23. The highest BCUT2D eigenvalue weighted by atomic mass is 19.4. The molecule has 2 heterocycles. The van der Waals surface area contributed by atoms with Crippen LogP contribution >= 0.6 is 0 Å². The molecule has 1 aromatic rings. The zero-order valence-corrected chi connectivity index (χ0v) is 13.4. The maximum atomic E-state index is 12.3. The Morgan fingerprint density at radius 3 is 2.80 bits per heavy atom. The number of aromatic nitrogens is 1. The normalized spacial score (nSPS) is 20.9. The van der Waals surface area contributed by atoms with Crippen LogP contribution in [-0.2, 0) is 4.79 Å². The van der Waals surface area contributed by atoms with Crippen LogP contribution in [-0.4, -0.2) is 52.9 Å². The number of carboxylic acid groups (broad SMARTS) is 1. The zero-order chi connectivity index (χ0) is 18.6. The Balaban J connectivity index is 1.99. The molecule has 10 heteroatoms. The number of carbonyl (C=O) groups is 2. The summed E-state index contributed by atoms with van der Waals surface area (Å²) < 4.78 is 41.0. The first-order valence-electron chi connectivity index (χ1n) is 7.58. The fourth-order valence-corrected chi connectivity index (χ4v) is 2.62. The molecule has 0 aromatic carbocycles. The van der Waals surface area contributed by atoms with Crippen LogP contribution in [0.5, 0.6) is 5.88 Å². The number of hydrogen-bond acceptors (Lipinski definition) is 4. The van der Waals surface area contributed by atoms with E-state index in [4.69, 9.17) is 5.11 Å². The molecular formula is C15H18F3N3O4. The third-order valence-corrected chi connectivity index (χ3v) is 3.67. The predicted molar refractivity (Wildman–Crippen MR) is 81.3 cm³/mol. The average molecular weight is 361 g/mol. The standard InChI is InChI=1S/C15H18F3N3O4/c1-9-4-10(13(22)23)7-21(6-9)14(24)20-11-2-3-19-12(5-11)25-8-15(16,17)18/h2-3,5,9-10H,4,6-8H2,1H3,(H,22,23)(H,19,20,24). The van der Waals surface area contributed by atoms with Gasteiger partial charge in [-0.2, -0.15) is 13.2 Å². The first-order valence-corrected chi connectivity index (χ1v) is 7.58. The molecule has 1 aliphatic rings. The number of alkyl halides is 3. The van der Waals surface area contributed by atoms with Gasteiger partial charge in [-0.15, -0.1) is 0 Å². The molecule has 1 fully saturated rings. The number of carboxylic acids is 1. The SMILES string of the molecule is CC1CC(C(=O)O)CN(C(=O)Nc2ccnc(OCC(F)(F)F)c2)C1. The molecule has 2 atom stereocenters. The van der Waals surface area contributed by atoms with Crippen molar-refractivity contribution in [2.45, 2.75) is 19.5 Å². The Bertz CT molecular complexity index is 639. The molecule has 2 amide bonds. The number of ether oxygens (including phenoxy) is 1. The van der Waals surface area contributed by atoms with Crippen LogP contribution in [0.4, 0.5) is 23.7 Å². The van der Waals surface area contributed by atoms with Crippen molar-refractivity contribution in [1.29, 1.82) is 0 Å². The molecule has 1 aliphatic heterocycles. The van der Waals surface area contributed by atoms with Crippen LogP contribution in [0.25, 0.3) is 0 Å². The summed E-state index contributed by atoms with van der Waals surface area (Å²) >= 11 is 0. The molecule has 2 unspecified atom stereocenters. The van der Waals surface area contributed by atoms with E-state index in [1.807, 2.05) is 6.92 Å². The van der Waals surface area contributed by atoms with Gasteiger partial charge in [0.1, 0.15) is 0 Å². The first-order chi connectivity index (χ1) is 11.6. The Morgan fingerprint density at radius 2 is 2.16 bits per heavy atom. The van der Waals surface area contributed by atoms with Crippen molar-refractivity contribution in [2.24, 2.45) is 11.8 Å². The van der Waals surface area contributed by atoms with Gasteiger partial charge in [0.05, 0.1) is 5.92 Å². The minimum atomic E-state index is -4.49. The molecule has 0 spiro atoms. The fraction of sp³-hybridized carbons (Fsp3) is 0.533. The van der Waals surface area contributed by atoms with Crippen molar-refractivity contribution in [2.75, 3.05) is 25.0 Å². The summed E-state index contributed by atoms with van der Waals surface area (Å²) in [5.74, 6) is -1.84. The van der Waals surface area contributed by atoms with E-state index in [9.17, 15) is 22.8 Å². The van der Waals surface area contributed by atoms with Crippen LogP contribution < -0.4 is 10.1 Å². The van der Waals surface area contributed by atoms with Crippen LogP contribution in [0.2, 0.25) is 0 Å². The van der Waals surface area contributed by atoms with E-state index in [-0.39, 0.29) is 24.0 Å². The monoisotopic (exact) mass is 361 g/mol. The summed E-state index contributed by atoms with van der Waals surface area (Å²) in [4.78, 5) is 28.5. The van der Waals surface area contributed by atoms with E-state index in [0.717, 1.165) is 0 Å². The topological polar surface area (TPSA) is 91.8 Å². The molecule has 0 saturated carbocycles. The number of rotatable bonds is 4. The summed E-state index contributed by atoms with van der Waals surface area (Å²) in [5, 5.41) is 11.7. The Labute approximate surface area is 141 Å². The molecule has 1 aromatic heterocycles. The molecule has 0 radical (unpaired) electrons. The number of nitrogens with zero attached hydrogens (tertiary/aromatic N) is 2. The van der Waals surface area contributed by atoms with E-state index in [2.05, 4.69) is 15.0 Å². The molecule has 138 valence electrons. The lowest BCUT2D eigenvalue weighted by Gasteiger charge is -2.34. The number of urea groups is 1. The van der Waals surface area contributed by atoms with Gasteiger partial charge in [0.25, 0.3) is 0 Å². The van der Waals surface area contributed by atoms with Crippen molar-refractivity contribution in [3.05, 3.63) is 18.3 Å². The smallest absolute Gasteiger partial charge is 0.422 e. The fourth-order valence-electron chi connectivity index (χ4n) is 2.62. The molecule has 0 aliphatic carbocycles. The van der Waals surface area contributed by atoms with Crippen LogP contribution in [0.1, 0.15) is 13.3 Å². The van der Waals surface area contributed by atoms with E-state index >= 15 is 0 Å². The van der Waals surface area contributed by atoms with Crippen molar-refractivity contribution in [1.82, 2.24) is 9.88 Å². The number of pyridine rings is 1. The third kappa shape index (κ3) is 5.80. The molecule has 1 saturated heterocycles. The summed E-state index contributed by atoms with van der Waals surface area (Å²) in [6, 6.07) is 2.05. The van der Waals surface area contributed by atoms with Crippen LogP contribution in [0, 0.1) is 11.8 Å². The van der Waals surface area contributed by atoms with Crippen molar-refractivity contribution in [3.8, 4) is 5.88 Å². The van der Waals surface area contributed by atoms with E-state index in [1.54, 1.807) is 0 Å². The number of likely N-dealkylation sites (tertiary alicyclic amines) is 1. The third-order valence-electron chi connectivity index (χ3n) is 3.67. The van der Waals surface area contributed by atoms with E-state index in [0.29, 0.717) is 13.0 Å². The predicted octanol–water partition coefficient (Wildman–Crippen LogP) is 2.60. The van der Waals surface area contributed by atoms with Gasteiger partial charge in [-0.3, -0.25) is 4.79 Å². The van der Waals surface area contributed by atoms with Gasteiger partial charge in [-0.1, -0.05) is 6.92 Å². The lowest BCUT2D eigenvalue weighted by molar-refractivity contribution is -0.154. The summed E-state index contributed by atoms with van der Waals surface area (Å²) in [6.45, 7) is 0.846. The maximum absolute atomic E-state index is 12.3. The van der Waals surface area contributed by atoms with Gasteiger partial charge >= 0.3 is 18.2 Å². The largest absolute Gasteiger partial charge is 0.481 e. The first kappa shape index (κ1) is 18.8. The van der Waals surface area contributed by atoms with Gasteiger partial charge < -0.3 is 20.1 Å². The van der Waals surface area contributed by atoms with Crippen molar-refractivity contribution >= 4 is 17.7 Å². The number of hydrogen-bond donors (Lipinski definition) is 2. The van der Waals surface area contributed by atoms with Gasteiger partial charge in [-0.05, 0) is 18.4 Å². The zero-order valence-electron chi connectivity index (χ0n) is 13.4. The summed E-state index contributed by atoms with van der Waals surface area (Å²) in [6.07, 6.45) is -2.79. The second-order valence-corrected chi connectivity index (χ2v) is 6.00. The summed E-state index contributed by atoms with van der Waals surface area (Å²) in [5.41, 5.74) is 0.210. The number of nitrogens with one attached hydrogen (secondary N) is 1. The van der Waals surface area contributed by atoms with E-state index < -0.39 is 30.7 Å². The Morgan fingerprint density at radius 1 is 1.44 bits per heavy atom. The minimum Gasteiger partial charge on any atom is -0.481 e. The molecule has 2 rings (SSSR count). The molecule has 7 nitrogen and oxygen atoms in total. The number of carbonyl (C=O) groups excluding carboxylic acids is 1. The van der Waals surface area contributed by atoms with Crippen molar-refractivity contribution < 1.29 is 32.6 Å². The quantitative estimate of drug-likeness (QED) is 0.860. The molecular weight excluding hydrogens is 343 g/mol. The van der Waals surface area contributed by atoms with Gasteiger partial charge in [-0.25, -0.2) is 9.78 Å². The average Bonchev–Trinajstić information content (AvgIpc) is 2.52. The molecule has 25 heavy (non-hydrogen) atoms. The second-order valence-electron chi connectivity index (χ2n) is 6.00. The number of aliphatic carboxylic acids is 1. The lowest BCUT2D eigenvalue weighted by Crippen LogP contribution is -2.47. The number of amides is 2. The van der Waals surface area contributed by atoms with E-state index in [1.165, 1.54) is 23.2 Å². The van der Waals surface area contributed by atoms with Crippen LogP contribution in [0.3, 0.4) is 0 Å². The van der Waals surface area contributed by atoms with Gasteiger partial charge in [0.2, 0.25) is 5.88 Å². The minimum absolute atomic E-state index is 0.0312. The Kier molecular flexibility index (Phi) is 5.70. The number of piperidine rings is 1. The molecule has 0 bridgehead atoms. The summed E-state index contributed by atoms with van der Waals surface area (Å²) in [7, 11) is 0. The lowest BCUT2D eigenvalue weighted by atomic mass is 9.91. The second kappa shape index (κ2) is 7.58. The van der Waals surface area contributed by atoms with Gasteiger partial charge in [0, 0.05) is 31.0 Å². The number of anilines is 1. The van der Waals surface area contributed by atoms with Crippen molar-refractivity contribution in [3.63, 3.8) is 0 Å².